The second-order valence-electron chi connectivity index (χ2n) is 6.08. The van der Waals surface area contributed by atoms with E-state index in [1.807, 2.05) is 0 Å². The number of hydrogen-bond acceptors (Lipinski definition) is 5. The van der Waals surface area contributed by atoms with Gasteiger partial charge in [-0.15, -0.1) is 0 Å². The first kappa shape index (κ1) is 20.1. The summed E-state index contributed by atoms with van der Waals surface area (Å²) in [6.45, 7) is 0.484. The average Bonchev–Trinajstić information content (AvgIpc) is 2.74. The Balaban J connectivity index is 1.48. The van der Waals surface area contributed by atoms with Gasteiger partial charge < -0.3 is 19.5 Å². The summed E-state index contributed by atoms with van der Waals surface area (Å²) in [5.41, 5.74) is 0.682. The summed E-state index contributed by atoms with van der Waals surface area (Å²) < 4.78 is 29.6. The Morgan fingerprint density at radius 2 is 1.83 bits per heavy atom. The Morgan fingerprint density at radius 1 is 1.03 bits per heavy atom. The molecule has 3 aromatic rings. The zero-order valence-corrected chi connectivity index (χ0v) is 15.9. The molecule has 0 fully saturated rings. The molecule has 0 saturated carbocycles. The summed E-state index contributed by atoms with van der Waals surface area (Å²) >= 11 is 0. The van der Waals surface area contributed by atoms with Gasteiger partial charge in [-0.2, -0.15) is 0 Å². The van der Waals surface area contributed by atoms with Gasteiger partial charge in [0.25, 0.3) is 0 Å². The summed E-state index contributed by atoms with van der Waals surface area (Å²) in [4.78, 5) is 16.3. The van der Waals surface area contributed by atoms with Crippen LogP contribution in [0.2, 0.25) is 0 Å². The van der Waals surface area contributed by atoms with Gasteiger partial charge in [0.05, 0.1) is 20.1 Å². The molecule has 7 heteroatoms. The van der Waals surface area contributed by atoms with Crippen LogP contribution in [-0.4, -0.2) is 24.6 Å². The van der Waals surface area contributed by atoms with Crippen LogP contribution in [0.3, 0.4) is 0 Å². The van der Waals surface area contributed by atoms with Crippen LogP contribution in [0.15, 0.2) is 66.9 Å². The lowest BCUT2D eigenvalue weighted by Gasteiger charge is -2.11. The average molecular weight is 396 g/mol. The molecule has 1 aromatic heterocycles. The summed E-state index contributed by atoms with van der Waals surface area (Å²) in [7, 11) is 1.59. The van der Waals surface area contributed by atoms with Crippen molar-refractivity contribution in [2.45, 2.75) is 13.0 Å². The molecule has 1 heterocycles. The number of aromatic nitrogens is 1. The highest BCUT2D eigenvalue weighted by Gasteiger charge is 2.09. The Kier molecular flexibility index (Phi) is 7.00. The second kappa shape index (κ2) is 10.1. The number of pyridine rings is 1. The SMILES string of the molecule is COc1ccc(OCCC(=O)NCc2cccnc2Oc2cccc(F)c2)cc1. The molecule has 29 heavy (non-hydrogen) atoms. The lowest BCUT2D eigenvalue weighted by molar-refractivity contribution is -0.121. The van der Waals surface area contributed by atoms with E-state index in [4.69, 9.17) is 14.2 Å². The number of hydrogen-bond donors (Lipinski definition) is 1. The predicted molar refractivity (Wildman–Crippen MR) is 106 cm³/mol. The molecule has 0 aliphatic carbocycles. The number of halogens is 1. The van der Waals surface area contributed by atoms with Gasteiger partial charge in [-0.05, 0) is 42.5 Å². The van der Waals surface area contributed by atoms with Crippen molar-refractivity contribution in [1.82, 2.24) is 10.3 Å². The van der Waals surface area contributed by atoms with Crippen LogP contribution < -0.4 is 19.5 Å². The third kappa shape index (κ3) is 6.21. The lowest BCUT2D eigenvalue weighted by atomic mass is 10.2. The highest BCUT2D eigenvalue weighted by molar-refractivity contribution is 5.76. The van der Waals surface area contributed by atoms with Crippen LogP contribution in [0.4, 0.5) is 4.39 Å². The molecule has 0 atom stereocenters. The number of ether oxygens (including phenoxy) is 3. The van der Waals surface area contributed by atoms with E-state index in [1.54, 1.807) is 61.8 Å². The van der Waals surface area contributed by atoms with E-state index < -0.39 is 5.82 Å². The van der Waals surface area contributed by atoms with E-state index in [0.29, 0.717) is 22.9 Å². The van der Waals surface area contributed by atoms with E-state index in [9.17, 15) is 9.18 Å². The number of rotatable bonds is 9. The van der Waals surface area contributed by atoms with E-state index in [1.165, 1.54) is 12.1 Å². The van der Waals surface area contributed by atoms with Gasteiger partial charge in [0.1, 0.15) is 23.1 Å². The van der Waals surface area contributed by atoms with Crippen LogP contribution in [0.25, 0.3) is 0 Å². The first-order chi connectivity index (χ1) is 14.1. The maximum Gasteiger partial charge on any atom is 0.224 e. The van der Waals surface area contributed by atoms with E-state index >= 15 is 0 Å². The van der Waals surface area contributed by atoms with Crippen molar-refractivity contribution in [3.8, 4) is 23.1 Å². The van der Waals surface area contributed by atoms with Crippen LogP contribution >= 0.6 is 0 Å². The number of nitrogens with one attached hydrogen (secondary N) is 1. The summed E-state index contributed by atoms with van der Waals surface area (Å²) in [5, 5.41) is 2.81. The Labute approximate surface area is 168 Å². The molecule has 3 rings (SSSR count). The fourth-order valence-corrected chi connectivity index (χ4v) is 2.51. The maximum atomic E-state index is 13.3. The van der Waals surface area contributed by atoms with Gasteiger partial charge in [-0.3, -0.25) is 4.79 Å². The number of methoxy groups -OCH3 is 1. The molecule has 0 aliphatic heterocycles. The molecule has 1 amide bonds. The maximum absolute atomic E-state index is 13.3. The van der Waals surface area contributed by atoms with Crippen LogP contribution in [-0.2, 0) is 11.3 Å². The minimum Gasteiger partial charge on any atom is -0.497 e. The van der Waals surface area contributed by atoms with Crippen molar-refractivity contribution < 1.29 is 23.4 Å². The smallest absolute Gasteiger partial charge is 0.224 e. The van der Waals surface area contributed by atoms with Crippen LogP contribution in [0.1, 0.15) is 12.0 Å². The summed E-state index contributed by atoms with van der Waals surface area (Å²) in [6, 6.07) is 16.5. The molecule has 2 aromatic carbocycles. The molecule has 0 unspecified atom stereocenters. The topological polar surface area (TPSA) is 69.7 Å². The lowest BCUT2D eigenvalue weighted by Crippen LogP contribution is -2.24. The largest absolute Gasteiger partial charge is 0.497 e. The van der Waals surface area contributed by atoms with E-state index in [0.717, 1.165) is 5.75 Å². The predicted octanol–water partition coefficient (Wildman–Crippen LogP) is 4.11. The third-order valence-electron chi connectivity index (χ3n) is 3.99. The Bertz CT molecular complexity index is 948. The van der Waals surface area contributed by atoms with E-state index in [2.05, 4.69) is 10.3 Å². The van der Waals surface area contributed by atoms with Gasteiger partial charge in [-0.1, -0.05) is 12.1 Å². The van der Waals surface area contributed by atoms with Crippen molar-refractivity contribution in [3.05, 3.63) is 78.2 Å². The fourth-order valence-electron chi connectivity index (χ4n) is 2.51. The van der Waals surface area contributed by atoms with Gasteiger partial charge in [-0.25, -0.2) is 9.37 Å². The number of nitrogens with zero attached hydrogens (tertiary/aromatic N) is 1. The van der Waals surface area contributed by atoms with Crippen molar-refractivity contribution in [1.29, 1.82) is 0 Å². The summed E-state index contributed by atoms with van der Waals surface area (Å²) in [6.07, 6.45) is 1.77. The number of benzene rings is 2. The third-order valence-corrected chi connectivity index (χ3v) is 3.99. The number of amides is 1. The highest BCUT2D eigenvalue weighted by atomic mass is 19.1. The minimum atomic E-state index is -0.398. The van der Waals surface area contributed by atoms with Crippen LogP contribution in [0, 0.1) is 5.82 Å². The molecule has 0 spiro atoms. The van der Waals surface area contributed by atoms with Gasteiger partial charge >= 0.3 is 0 Å². The highest BCUT2D eigenvalue weighted by Crippen LogP contribution is 2.23. The normalized spacial score (nSPS) is 10.3. The minimum absolute atomic E-state index is 0.168. The van der Waals surface area contributed by atoms with Gasteiger partial charge in [0, 0.05) is 24.4 Å². The molecular weight excluding hydrogens is 375 g/mol. The van der Waals surface area contributed by atoms with Crippen molar-refractivity contribution >= 4 is 5.91 Å². The molecular formula is C22H21FN2O4. The first-order valence-corrected chi connectivity index (χ1v) is 9.05. The van der Waals surface area contributed by atoms with Crippen LogP contribution in [0.5, 0.6) is 23.1 Å². The van der Waals surface area contributed by atoms with E-state index in [-0.39, 0.29) is 25.5 Å². The monoisotopic (exact) mass is 396 g/mol. The molecule has 0 saturated heterocycles. The Hall–Kier alpha value is -3.61. The summed E-state index contributed by atoms with van der Waals surface area (Å²) in [5.74, 6) is 1.49. The second-order valence-corrected chi connectivity index (χ2v) is 6.08. The molecule has 6 nitrogen and oxygen atoms in total. The molecule has 1 N–H and O–H groups in total. The van der Waals surface area contributed by atoms with Crippen molar-refractivity contribution in [2.75, 3.05) is 13.7 Å². The molecule has 0 radical (unpaired) electrons. The molecule has 0 aliphatic rings. The number of carbonyl (C=O) groups excluding carboxylic acids is 1. The zero-order chi connectivity index (χ0) is 20.5. The van der Waals surface area contributed by atoms with Gasteiger partial charge in [0.2, 0.25) is 11.8 Å². The molecule has 150 valence electrons. The van der Waals surface area contributed by atoms with Gasteiger partial charge in [0.15, 0.2) is 0 Å². The standard InChI is InChI=1S/C22H21FN2O4/c1-27-18-7-9-19(10-8-18)28-13-11-21(26)25-15-16-4-3-12-24-22(16)29-20-6-2-5-17(23)14-20/h2-10,12,14H,11,13,15H2,1H3,(H,25,26). The first-order valence-electron chi connectivity index (χ1n) is 9.05. The van der Waals surface area contributed by atoms with Crippen molar-refractivity contribution in [2.24, 2.45) is 0 Å². The molecule has 0 bridgehead atoms. The number of carbonyl (C=O) groups is 1. The quantitative estimate of drug-likeness (QED) is 0.590. The fraction of sp³-hybridized carbons (Fsp3) is 0.182. The van der Waals surface area contributed by atoms with Crippen molar-refractivity contribution in [3.63, 3.8) is 0 Å². The Morgan fingerprint density at radius 3 is 2.59 bits per heavy atom. The zero-order valence-electron chi connectivity index (χ0n) is 15.9.